The number of carbonyl (C=O) groups is 1. The molecule has 98 valence electrons. The molecule has 1 aromatic rings. The summed E-state index contributed by atoms with van der Waals surface area (Å²) in [6, 6.07) is 7.50. The molecular weight excluding hydrogens is 230 g/mol. The highest BCUT2D eigenvalue weighted by molar-refractivity contribution is 5.93. The number of amides is 2. The van der Waals surface area contributed by atoms with E-state index in [1.165, 1.54) is 0 Å². The van der Waals surface area contributed by atoms with Crippen LogP contribution in [0.5, 0.6) is 0 Å². The molecule has 0 spiro atoms. The molecule has 0 aliphatic carbocycles. The van der Waals surface area contributed by atoms with Gasteiger partial charge in [-0.15, -0.1) is 0 Å². The molecule has 0 radical (unpaired) electrons. The first kappa shape index (κ1) is 12.7. The fraction of sp³-hybridized carbons (Fsp3) is 0.462. The maximum absolute atomic E-state index is 12.0. The fourth-order valence-electron chi connectivity index (χ4n) is 2.09. The average molecular weight is 249 g/mol. The van der Waals surface area contributed by atoms with Crippen LogP contribution in [0.1, 0.15) is 6.42 Å². The van der Waals surface area contributed by atoms with Crippen molar-refractivity contribution in [3.63, 3.8) is 0 Å². The Labute approximate surface area is 107 Å². The molecule has 1 aliphatic heterocycles. The zero-order chi connectivity index (χ0) is 13.1. The van der Waals surface area contributed by atoms with Gasteiger partial charge in [-0.05, 0) is 18.6 Å². The molecule has 1 saturated heterocycles. The number of aliphatic hydroxyl groups excluding tert-OH is 1. The Morgan fingerprint density at radius 3 is 2.78 bits per heavy atom. The Morgan fingerprint density at radius 1 is 1.44 bits per heavy atom. The molecule has 0 bridgehead atoms. The van der Waals surface area contributed by atoms with Crippen molar-refractivity contribution in [2.45, 2.75) is 12.5 Å². The van der Waals surface area contributed by atoms with E-state index >= 15 is 0 Å². The Kier molecular flexibility index (Phi) is 3.72. The topological polar surface area (TPSA) is 55.8 Å². The molecule has 0 unspecified atom stereocenters. The van der Waals surface area contributed by atoms with Crippen molar-refractivity contribution < 1.29 is 9.90 Å². The number of nitrogens with one attached hydrogen (secondary N) is 1. The smallest absolute Gasteiger partial charge is 0.321 e. The number of urea groups is 1. The standard InChI is InChI=1S/C13H19N3O2/c1-15(2)12-6-4-3-5-11(12)14-13(18)16-8-7-10(17)9-16/h3-6,10,17H,7-9H2,1-2H3,(H,14,18)/t10-/m1/s1. The van der Waals surface area contributed by atoms with Gasteiger partial charge in [0.1, 0.15) is 0 Å². The van der Waals surface area contributed by atoms with Gasteiger partial charge in [0, 0.05) is 27.2 Å². The number of nitrogens with zero attached hydrogens (tertiary/aromatic N) is 2. The molecule has 5 nitrogen and oxygen atoms in total. The number of hydrogen-bond acceptors (Lipinski definition) is 3. The number of carbonyl (C=O) groups excluding carboxylic acids is 1. The van der Waals surface area contributed by atoms with Crippen LogP contribution in [-0.4, -0.2) is 49.3 Å². The van der Waals surface area contributed by atoms with E-state index in [1.807, 2.05) is 43.3 Å². The summed E-state index contributed by atoms with van der Waals surface area (Å²) in [4.78, 5) is 15.6. The number of likely N-dealkylation sites (tertiary alicyclic amines) is 1. The van der Waals surface area contributed by atoms with Gasteiger partial charge in [-0.2, -0.15) is 0 Å². The molecule has 0 saturated carbocycles. The molecule has 5 heteroatoms. The summed E-state index contributed by atoms with van der Waals surface area (Å²) in [6.45, 7) is 1.02. The number of benzene rings is 1. The highest BCUT2D eigenvalue weighted by Crippen LogP contribution is 2.24. The summed E-state index contributed by atoms with van der Waals surface area (Å²) in [5, 5.41) is 12.3. The molecule has 2 rings (SSSR count). The average Bonchev–Trinajstić information content (AvgIpc) is 2.76. The van der Waals surface area contributed by atoms with Gasteiger partial charge < -0.3 is 20.2 Å². The van der Waals surface area contributed by atoms with Crippen molar-refractivity contribution >= 4 is 17.4 Å². The molecule has 1 fully saturated rings. The zero-order valence-electron chi connectivity index (χ0n) is 10.8. The van der Waals surface area contributed by atoms with Gasteiger partial charge in [-0.3, -0.25) is 0 Å². The maximum atomic E-state index is 12.0. The van der Waals surface area contributed by atoms with Crippen molar-refractivity contribution in [3.05, 3.63) is 24.3 Å². The lowest BCUT2D eigenvalue weighted by Gasteiger charge is -2.21. The normalized spacial score (nSPS) is 18.8. The third-order valence-electron chi connectivity index (χ3n) is 3.08. The van der Waals surface area contributed by atoms with Crippen LogP contribution in [0.3, 0.4) is 0 Å². The minimum Gasteiger partial charge on any atom is -0.391 e. The largest absolute Gasteiger partial charge is 0.391 e. The summed E-state index contributed by atoms with van der Waals surface area (Å²) in [5.74, 6) is 0. The lowest BCUT2D eigenvalue weighted by atomic mass is 10.2. The van der Waals surface area contributed by atoms with Gasteiger partial charge in [-0.1, -0.05) is 12.1 Å². The SMILES string of the molecule is CN(C)c1ccccc1NC(=O)N1CC[C@@H](O)C1. The first-order valence-corrected chi connectivity index (χ1v) is 6.08. The third kappa shape index (κ3) is 2.73. The number of rotatable bonds is 2. The quantitative estimate of drug-likeness (QED) is 0.832. The summed E-state index contributed by atoms with van der Waals surface area (Å²) < 4.78 is 0. The number of hydrogen-bond donors (Lipinski definition) is 2. The van der Waals surface area contributed by atoms with Crippen LogP contribution in [0.2, 0.25) is 0 Å². The molecule has 1 aromatic carbocycles. The van der Waals surface area contributed by atoms with Gasteiger partial charge in [0.15, 0.2) is 0 Å². The van der Waals surface area contributed by atoms with Crippen LogP contribution in [-0.2, 0) is 0 Å². The van der Waals surface area contributed by atoms with Crippen LogP contribution < -0.4 is 10.2 Å². The van der Waals surface area contributed by atoms with Crippen LogP contribution in [0.4, 0.5) is 16.2 Å². The van der Waals surface area contributed by atoms with Crippen molar-refractivity contribution in [2.24, 2.45) is 0 Å². The predicted molar refractivity (Wildman–Crippen MR) is 72.0 cm³/mol. The number of anilines is 2. The van der Waals surface area contributed by atoms with Crippen molar-refractivity contribution in [2.75, 3.05) is 37.4 Å². The van der Waals surface area contributed by atoms with Crippen LogP contribution >= 0.6 is 0 Å². The van der Waals surface area contributed by atoms with Crippen molar-refractivity contribution in [1.29, 1.82) is 0 Å². The summed E-state index contributed by atoms with van der Waals surface area (Å²) in [5.41, 5.74) is 1.75. The molecule has 2 amide bonds. The van der Waals surface area contributed by atoms with Crippen molar-refractivity contribution in [1.82, 2.24) is 4.90 Å². The Balaban J connectivity index is 2.07. The van der Waals surface area contributed by atoms with Gasteiger partial charge in [0.2, 0.25) is 0 Å². The van der Waals surface area contributed by atoms with E-state index in [0.29, 0.717) is 19.5 Å². The number of para-hydroxylation sites is 2. The first-order chi connectivity index (χ1) is 8.58. The Hall–Kier alpha value is -1.75. The summed E-state index contributed by atoms with van der Waals surface area (Å²) >= 11 is 0. The molecule has 0 aromatic heterocycles. The summed E-state index contributed by atoms with van der Waals surface area (Å²) in [6.07, 6.45) is 0.266. The third-order valence-corrected chi connectivity index (χ3v) is 3.08. The van der Waals surface area contributed by atoms with Crippen LogP contribution in [0.25, 0.3) is 0 Å². The first-order valence-electron chi connectivity index (χ1n) is 6.08. The molecule has 1 heterocycles. The van der Waals surface area contributed by atoms with E-state index in [0.717, 1.165) is 11.4 Å². The molecule has 1 aliphatic rings. The highest BCUT2D eigenvalue weighted by Gasteiger charge is 2.24. The number of β-amino-alcohol motifs (C(OH)–C–C–N with tert-alkyl or cyclic N) is 1. The van der Waals surface area contributed by atoms with Crippen molar-refractivity contribution in [3.8, 4) is 0 Å². The molecule has 1 atom stereocenters. The second-order valence-corrected chi connectivity index (χ2v) is 4.73. The molecule has 18 heavy (non-hydrogen) atoms. The monoisotopic (exact) mass is 249 g/mol. The van der Waals surface area contributed by atoms with Gasteiger partial charge in [0.05, 0.1) is 17.5 Å². The predicted octanol–water partition coefficient (Wildman–Crippen LogP) is 1.35. The highest BCUT2D eigenvalue weighted by atomic mass is 16.3. The van der Waals surface area contributed by atoms with Gasteiger partial charge in [0.25, 0.3) is 0 Å². The van der Waals surface area contributed by atoms with E-state index in [-0.39, 0.29) is 12.1 Å². The lowest BCUT2D eigenvalue weighted by molar-refractivity contribution is 0.176. The molecular formula is C13H19N3O2. The van der Waals surface area contributed by atoms with Gasteiger partial charge in [-0.25, -0.2) is 4.79 Å². The van der Waals surface area contributed by atoms with Crippen LogP contribution in [0, 0.1) is 0 Å². The Bertz CT molecular complexity index is 434. The van der Waals surface area contributed by atoms with E-state index in [9.17, 15) is 9.90 Å². The number of aliphatic hydroxyl groups is 1. The molecule has 2 N–H and O–H groups in total. The second-order valence-electron chi connectivity index (χ2n) is 4.73. The van der Waals surface area contributed by atoms with E-state index in [1.54, 1.807) is 4.90 Å². The van der Waals surface area contributed by atoms with Crippen LogP contribution in [0.15, 0.2) is 24.3 Å². The van der Waals surface area contributed by atoms with E-state index < -0.39 is 0 Å². The second kappa shape index (κ2) is 5.27. The van der Waals surface area contributed by atoms with E-state index in [4.69, 9.17) is 0 Å². The maximum Gasteiger partial charge on any atom is 0.321 e. The van der Waals surface area contributed by atoms with E-state index in [2.05, 4.69) is 5.32 Å². The zero-order valence-corrected chi connectivity index (χ0v) is 10.8. The Morgan fingerprint density at radius 2 is 2.17 bits per heavy atom. The summed E-state index contributed by atoms with van der Waals surface area (Å²) in [7, 11) is 3.87. The van der Waals surface area contributed by atoms with Gasteiger partial charge >= 0.3 is 6.03 Å². The minimum atomic E-state index is -0.389. The fourth-order valence-corrected chi connectivity index (χ4v) is 2.09. The lowest BCUT2D eigenvalue weighted by Crippen LogP contribution is -2.34. The minimum absolute atomic E-state index is 0.152.